The van der Waals surface area contributed by atoms with Crippen LogP contribution in [0.4, 0.5) is 14.7 Å². The standard InChI is InChI=1S/C13H8F2N4O/c14-7-2-3-8(9(15)6-7)10-11(19-20-12(10)16)13-17-4-1-5-18-13/h1-6H,16H2. The number of nitrogens with zero attached hydrogens (tertiary/aromatic N) is 3. The van der Waals surface area contributed by atoms with Gasteiger partial charge in [-0.1, -0.05) is 5.16 Å². The Bertz CT molecular complexity index is 758. The molecule has 0 saturated heterocycles. The zero-order valence-corrected chi connectivity index (χ0v) is 10.0. The normalized spacial score (nSPS) is 10.7. The Balaban J connectivity index is 2.22. The largest absolute Gasteiger partial charge is 0.367 e. The third kappa shape index (κ3) is 1.99. The second-order valence-electron chi connectivity index (χ2n) is 3.97. The van der Waals surface area contributed by atoms with Crippen LogP contribution < -0.4 is 5.73 Å². The Morgan fingerprint density at radius 1 is 1.10 bits per heavy atom. The first-order chi connectivity index (χ1) is 9.66. The van der Waals surface area contributed by atoms with Crippen molar-refractivity contribution in [2.24, 2.45) is 0 Å². The van der Waals surface area contributed by atoms with Crippen molar-refractivity contribution in [3.63, 3.8) is 0 Å². The zero-order chi connectivity index (χ0) is 14.1. The molecule has 0 aliphatic carbocycles. The molecule has 2 aromatic heterocycles. The van der Waals surface area contributed by atoms with Gasteiger partial charge in [-0.25, -0.2) is 18.7 Å². The molecule has 0 saturated carbocycles. The van der Waals surface area contributed by atoms with Crippen molar-refractivity contribution in [2.75, 3.05) is 5.73 Å². The molecule has 20 heavy (non-hydrogen) atoms. The highest BCUT2D eigenvalue weighted by Crippen LogP contribution is 2.36. The fraction of sp³-hybridized carbons (Fsp3) is 0. The minimum absolute atomic E-state index is 0.0765. The van der Waals surface area contributed by atoms with Gasteiger partial charge < -0.3 is 10.3 Å². The van der Waals surface area contributed by atoms with Crippen LogP contribution in [0.3, 0.4) is 0 Å². The quantitative estimate of drug-likeness (QED) is 0.777. The van der Waals surface area contributed by atoms with Crippen LogP contribution in [0.1, 0.15) is 0 Å². The average molecular weight is 274 g/mol. The lowest BCUT2D eigenvalue weighted by Gasteiger charge is -2.03. The lowest BCUT2D eigenvalue weighted by molar-refractivity contribution is 0.439. The number of nitrogens with two attached hydrogens (primary N) is 1. The Kier molecular flexibility index (Phi) is 2.86. The molecule has 7 heteroatoms. The van der Waals surface area contributed by atoms with Gasteiger partial charge in [-0.05, 0) is 18.2 Å². The first-order valence-electron chi connectivity index (χ1n) is 5.65. The molecule has 0 radical (unpaired) electrons. The van der Waals surface area contributed by atoms with Gasteiger partial charge in [0.05, 0.1) is 5.56 Å². The summed E-state index contributed by atoms with van der Waals surface area (Å²) in [6.45, 7) is 0. The van der Waals surface area contributed by atoms with Crippen molar-refractivity contribution >= 4 is 5.88 Å². The second-order valence-corrected chi connectivity index (χ2v) is 3.97. The monoisotopic (exact) mass is 274 g/mol. The minimum atomic E-state index is -0.767. The molecule has 0 atom stereocenters. The van der Waals surface area contributed by atoms with Crippen LogP contribution >= 0.6 is 0 Å². The minimum Gasteiger partial charge on any atom is -0.367 e. The number of rotatable bonds is 2. The third-order valence-electron chi connectivity index (χ3n) is 2.70. The van der Waals surface area contributed by atoms with E-state index in [9.17, 15) is 8.78 Å². The van der Waals surface area contributed by atoms with E-state index in [1.54, 1.807) is 6.07 Å². The predicted octanol–water partition coefficient (Wildman–Crippen LogP) is 2.66. The van der Waals surface area contributed by atoms with Gasteiger partial charge in [0.1, 0.15) is 11.6 Å². The lowest BCUT2D eigenvalue weighted by atomic mass is 10.0. The fourth-order valence-electron chi connectivity index (χ4n) is 1.83. The van der Waals surface area contributed by atoms with E-state index in [-0.39, 0.29) is 28.5 Å². The number of nitrogen functional groups attached to an aromatic ring is 1. The number of aromatic nitrogens is 3. The molecule has 1 aromatic carbocycles. The molecular weight excluding hydrogens is 266 g/mol. The number of halogens is 2. The van der Waals surface area contributed by atoms with Gasteiger partial charge in [-0.15, -0.1) is 0 Å². The van der Waals surface area contributed by atoms with Crippen LogP contribution in [0.15, 0.2) is 41.2 Å². The van der Waals surface area contributed by atoms with Gasteiger partial charge in [0.15, 0.2) is 11.5 Å². The average Bonchev–Trinajstić information content (AvgIpc) is 2.82. The van der Waals surface area contributed by atoms with E-state index >= 15 is 0 Å². The maximum absolute atomic E-state index is 13.9. The van der Waals surface area contributed by atoms with Gasteiger partial charge in [0, 0.05) is 24.0 Å². The molecule has 3 rings (SSSR count). The summed E-state index contributed by atoms with van der Waals surface area (Å²) in [4.78, 5) is 8.02. The molecule has 0 unspecified atom stereocenters. The maximum Gasteiger partial charge on any atom is 0.230 e. The van der Waals surface area contributed by atoms with E-state index in [0.29, 0.717) is 0 Å². The first kappa shape index (κ1) is 12.2. The van der Waals surface area contributed by atoms with E-state index in [1.165, 1.54) is 18.5 Å². The van der Waals surface area contributed by atoms with Crippen LogP contribution in [0, 0.1) is 11.6 Å². The highest BCUT2D eigenvalue weighted by atomic mass is 19.1. The molecule has 100 valence electrons. The summed E-state index contributed by atoms with van der Waals surface area (Å²) in [5.41, 5.74) is 6.15. The predicted molar refractivity (Wildman–Crippen MR) is 67.3 cm³/mol. The molecule has 5 nitrogen and oxygen atoms in total. The van der Waals surface area contributed by atoms with E-state index < -0.39 is 11.6 Å². The topological polar surface area (TPSA) is 77.8 Å². The van der Waals surface area contributed by atoms with Gasteiger partial charge in [-0.2, -0.15) is 0 Å². The summed E-state index contributed by atoms with van der Waals surface area (Å²) in [7, 11) is 0. The second kappa shape index (κ2) is 4.69. The zero-order valence-electron chi connectivity index (χ0n) is 10.0. The molecule has 0 spiro atoms. The summed E-state index contributed by atoms with van der Waals surface area (Å²) < 4.78 is 31.7. The van der Waals surface area contributed by atoms with Crippen molar-refractivity contribution in [3.8, 4) is 22.6 Å². The molecule has 0 aliphatic rings. The van der Waals surface area contributed by atoms with Crippen molar-refractivity contribution in [3.05, 3.63) is 48.3 Å². The van der Waals surface area contributed by atoms with E-state index in [4.69, 9.17) is 10.3 Å². The highest BCUT2D eigenvalue weighted by Gasteiger charge is 2.22. The molecular formula is C13H8F2N4O. The summed E-state index contributed by atoms with van der Waals surface area (Å²) >= 11 is 0. The highest BCUT2D eigenvalue weighted by molar-refractivity contribution is 5.84. The van der Waals surface area contributed by atoms with E-state index in [1.807, 2.05) is 0 Å². The Hall–Kier alpha value is -2.83. The molecule has 0 aliphatic heterocycles. The molecule has 2 N–H and O–H groups in total. The Morgan fingerprint density at radius 3 is 2.55 bits per heavy atom. The van der Waals surface area contributed by atoms with E-state index in [0.717, 1.165) is 12.1 Å². The maximum atomic E-state index is 13.9. The lowest BCUT2D eigenvalue weighted by Crippen LogP contribution is -1.94. The molecule has 3 aromatic rings. The smallest absolute Gasteiger partial charge is 0.230 e. The number of hydrogen-bond acceptors (Lipinski definition) is 5. The van der Waals surface area contributed by atoms with Crippen LogP contribution in [0.2, 0.25) is 0 Å². The number of anilines is 1. The summed E-state index contributed by atoms with van der Waals surface area (Å²) in [6, 6.07) is 4.78. The molecule has 2 heterocycles. The van der Waals surface area contributed by atoms with Crippen molar-refractivity contribution in [1.82, 2.24) is 15.1 Å². The van der Waals surface area contributed by atoms with Gasteiger partial charge >= 0.3 is 0 Å². The molecule has 0 bridgehead atoms. The van der Waals surface area contributed by atoms with Crippen LogP contribution in [-0.2, 0) is 0 Å². The SMILES string of the molecule is Nc1onc(-c2ncccn2)c1-c1ccc(F)cc1F. The van der Waals surface area contributed by atoms with Gasteiger partial charge in [-0.3, -0.25) is 0 Å². The Morgan fingerprint density at radius 2 is 1.85 bits per heavy atom. The summed E-state index contributed by atoms with van der Waals surface area (Å²) in [5, 5.41) is 3.74. The van der Waals surface area contributed by atoms with Crippen LogP contribution in [-0.4, -0.2) is 15.1 Å². The number of benzene rings is 1. The van der Waals surface area contributed by atoms with Crippen molar-refractivity contribution in [1.29, 1.82) is 0 Å². The Labute approximate surface area is 112 Å². The van der Waals surface area contributed by atoms with E-state index in [2.05, 4.69) is 15.1 Å². The van der Waals surface area contributed by atoms with Gasteiger partial charge in [0.25, 0.3) is 0 Å². The molecule has 0 amide bonds. The van der Waals surface area contributed by atoms with Crippen LogP contribution in [0.25, 0.3) is 22.6 Å². The van der Waals surface area contributed by atoms with Crippen molar-refractivity contribution < 1.29 is 13.3 Å². The fourth-order valence-corrected chi connectivity index (χ4v) is 1.83. The van der Waals surface area contributed by atoms with Crippen LogP contribution in [0.5, 0.6) is 0 Å². The first-order valence-corrected chi connectivity index (χ1v) is 5.65. The van der Waals surface area contributed by atoms with Gasteiger partial charge in [0.2, 0.25) is 5.88 Å². The summed E-state index contributed by atoms with van der Waals surface area (Å²) in [5.74, 6) is -1.29. The van der Waals surface area contributed by atoms with Crippen molar-refractivity contribution in [2.45, 2.75) is 0 Å². The summed E-state index contributed by atoms with van der Waals surface area (Å²) in [6.07, 6.45) is 3.02. The molecule has 0 fully saturated rings. The number of hydrogen-bond donors (Lipinski definition) is 1. The third-order valence-corrected chi connectivity index (χ3v) is 2.70.